The van der Waals surface area contributed by atoms with Crippen LogP contribution in [0.4, 0.5) is 0 Å². The number of phosphoric ester groups is 1. The molecule has 0 radical (unpaired) electrons. The number of aliphatic carboxylic acids is 1. The molecule has 12 heteroatoms. The Kier molecular flexibility index (Phi) is 7.17. The summed E-state index contributed by atoms with van der Waals surface area (Å²) >= 11 is 0. The molecule has 29 heavy (non-hydrogen) atoms. The second kappa shape index (κ2) is 9.21. The van der Waals surface area contributed by atoms with Crippen molar-refractivity contribution in [1.29, 1.82) is 0 Å². The molecule has 2 aromatic rings. The van der Waals surface area contributed by atoms with E-state index < -0.39 is 26.4 Å². The Morgan fingerprint density at radius 3 is 2.52 bits per heavy atom. The van der Waals surface area contributed by atoms with Crippen LogP contribution < -0.4 is 5.32 Å². The molecule has 0 fully saturated rings. The number of hydrogen-bond acceptors (Lipinski definition) is 8. The van der Waals surface area contributed by atoms with Gasteiger partial charge < -0.3 is 30.2 Å². The Morgan fingerprint density at radius 2 is 1.93 bits per heavy atom. The van der Waals surface area contributed by atoms with Crippen molar-refractivity contribution in [3.05, 3.63) is 46.8 Å². The van der Waals surface area contributed by atoms with E-state index in [-0.39, 0.29) is 47.0 Å². The lowest BCUT2D eigenvalue weighted by atomic mass is 10.0. The van der Waals surface area contributed by atoms with E-state index in [1.165, 1.54) is 31.3 Å². The van der Waals surface area contributed by atoms with Crippen LogP contribution in [0.3, 0.4) is 0 Å². The van der Waals surface area contributed by atoms with Crippen LogP contribution in [0.25, 0.3) is 0 Å². The Morgan fingerprint density at radius 1 is 1.24 bits per heavy atom. The number of aromatic nitrogens is 1. The number of pyridine rings is 1. The normalized spacial score (nSPS) is 12.7. The van der Waals surface area contributed by atoms with Gasteiger partial charge in [-0.05, 0) is 31.0 Å². The number of carbonyl (C=O) groups is 1. The Bertz CT molecular complexity index is 945. The summed E-state index contributed by atoms with van der Waals surface area (Å²) in [7, 11) is -4.75. The Hall–Kier alpha value is -2.69. The minimum atomic E-state index is -4.75. The maximum atomic E-state index is 11.6. The van der Waals surface area contributed by atoms with Crippen LogP contribution >= 0.6 is 7.82 Å². The van der Waals surface area contributed by atoms with Crippen LogP contribution in [-0.2, 0) is 33.5 Å². The quantitative estimate of drug-likeness (QED) is 0.222. The minimum absolute atomic E-state index is 0.0394. The van der Waals surface area contributed by atoms with Gasteiger partial charge in [0, 0.05) is 23.9 Å². The van der Waals surface area contributed by atoms with Gasteiger partial charge in [-0.1, -0.05) is 6.07 Å². The lowest BCUT2D eigenvalue weighted by Gasteiger charge is -2.18. The second-order valence-corrected chi connectivity index (χ2v) is 7.50. The minimum Gasteiger partial charge on any atom is -0.506 e. The highest BCUT2D eigenvalue weighted by atomic mass is 31.2. The van der Waals surface area contributed by atoms with Crippen molar-refractivity contribution in [1.82, 2.24) is 10.3 Å². The van der Waals surface area contributed by atoms with E-state index in [1.807, 2.05) is 0 Å². The van der Waals surface area contributed by atoms with Gasteiger partial charge in [0.15, 0.2) is 11.5 Å². The SMILES string of the molecule is Cc1ncc(COP(=O)(O)O)c(CNC(Cc2ccc(O)c(O)c2)C(=O)O)c1O. The molecule has 1 aromatic heterocycles. The van der Waals surface area contributed by atoms with Gasteiger partial charge in [0.1, 0.15) is 11.8 Å². The highest BCUT2D eigenvalue weighted by Gasteiger charge is 2.22. The number of nitrogens with one attached hydrogen (secondary N) is 1. The Balaban J connectivity index is 2.19. The summed E-state index contributed by atoms with van der Waals surface area (Å²) in [6.07, 6.45) is 1.23. The molecule has 158 valence electrons. The van der Waals surface area contributed by atoms with E-state index in [4.69, 9.17) is 9.79 Å². The number of aromatic hydroxyl groups is 3. The standard InChI is InChI=1S/C17H21N2O9P/c1-9-16(22)12(11(6-18-9)8-28-29(25,26)27)7-19-13(17(23)24)4-10-2-3-14(20)15(21)5-10/h2-3,5-6,13,19-22H,4,7-8H2,1H3,(H,23,24)(H2,25,26,27). The number of phosphoric acid groups is 1. The van der Waals surface area contributed by atoms with Gasteiger partial charge in [-0.25, -0.2) is 4.57 Å². The molecule has 7 N–H and O–H groups in total. The number of rotatable bonds is 9. The van der Waals surface area contributed by atoms with Crippen molar-refractivity contribution in [2.75, 3.05) is 0 Å². The molecular formula is C17H21N2O9P. The van der Waals surface area contributed by atoms with Crippen LogP contribution in [0.1, 0.15) is 22.4 Å². The van der Waals surface area contributed by atoms with Gasteiger partial charge >= 0.3 is 13.8 Å². The number of carboxylic acids is 1. The zero-order chi connectivity index (χ0) is 21.8. The topological polar surface area (TPSA) is 190 Å². The summed E-state index contributed by atoms with van der Waals surface area (Å²) in [6, 6.07) is 2.81. The average molecular weight is 428 g/mol. The number of aryl methyl sites for hydroxylation is 1. The van der Waals surface area contributed by atoms with Crippen LogP contribution in [0.2, 0.25) is 0 Å². The van der Waals surface area contributed by atoms with E-state index in [1.54, 1.807) is 0 Å². The lowest BCUT2D eigenvalue weighted by molar-refractivity contribution is -0.139. The number of phenolic OH excluding ortho intramolecular Hbond substituents is 2. The second-order valence-electron chi connectivity index (χ2n) is 6.26. The molecule has 0 saturated carbocycles. The summed E-state index contributed by atoms with van der Waals surface area (Å²) in [5.74, 6) is -2.17. The third kappa shape index (κ3) is 6.41. The number of phenols is 2. The van der Waals surface area contributed by atoms with Crippen molar-refractivity contribution in [2.45, 2.75) is 32.5 Å². The van der Waals surface area contributed by atoms with Gasteiger partial charge in [-0.3, -0.25) is 19.6 Å². The number of hydrogen-bond donors (Lipinski definition) is 7. The predicted molar refractivity (Wildman–Crippen MR) is 99.2 cm³/mol. The first-order valence-corrected chi connectivity index (χ1v) is 9.84. The van der Waals surface area contributed by atoms with Gasteiger partial charge in [0.2, 0.25) is 0 Å². The fourth-order valence-corrected chi connectivity index (χ4v) is 2.87. The summed E-state index contributed by atoms with van der Waals surface area (Å²) in [5, 5.41) is 41.4. The first kappa shape index (κ1) is 22.6. The summed E-state index contributed by atoms with van der Waals surface area (Å²) in [5.41, 5.74) is 1.05. The third-order valence-electron chi connectivity index (χ3n) is 4.12. The van der Waals surface area contributed by atoms with E-state index in [0.29, 0.717) is 5.56 Å². The summed E-state index contributed by atoms with van der Waals surface area (Å²) in [6.45, 7) is 0.822. The summed E-state index contributed by atoms with van der Waals surface area (Å²) in [4.78, 5) is 33.2. The fourth-order valence-electron chi connectivity index (χ4n) is 2.56. The van der Waals surface area contributed by atoms with Crippen molar-refractivity contribution in [3.8, 4) is 17.2 Å². The molecular weight excluding hydrogens is 407 g/mol. The van der Waals surface area contributed by atoms with Crippen molar-refractivity contribution < 1.29 is 44.1 Å². The highest BCUT2D eigenvalue weighted by molar-refractivity contribution is 7.46. The van der Waals surface area contributed by atoms with Gasteiger partial charge in [0.25, 0.3) is 0 Å². The van der Waals surface area contributed by atoms with E-state index >= 15 is 0 Å². The zero-order valence-corrected chi connectivity index (χ0v) is 16.2. The molecule has 0 amide bonds. The molecule has 1 heterocycles. The Labute approximate surface area is 165 Å². The molecule has 11 nitrogen and oxygen atoms in total. The van der Waals surface area contributed by atoms with Gasteiger partial charge in [0.05, 0.1) is 12.3 Å². The van der Waals surface area contributed by atoms with Crippen LogP contribution in [-0.4, -0.2) is 47.2 Å². The summed E-state index contributed by atoms with van der Waals surface area (Å²) < 4.78 is 15.4. The van der Waals surface area contributed by atoms with Crippen molar-refractivity contribution in [3.63, 3.8) is 0 Å². The lowest BCUT2D eigenvalue weighted by Crippen LogP contribution is -2.38. The molecule has 0 bridgehead atoms. The molecule has 0 aliphatic heterocycles. The molecule has 1 unspecified atom stereocenters. The largest absolute Gasteiger partial charge is 0.506 e. The molecule has 1 atom stereocenters. The fraction of sp³-hybridized carbons (Fsp3) is 0.294. The average Bonchev–Trinajstić information content (AvgIpc) is 2.62. The number of carboxylic acid groups (broad SMARTS) is 1. The first-order valence-electron chi connectivity index (χ1n) is 8.31. The first-order chi connectivity index (χ1) is 13.5. The molecule has 0 aliphatic rings. The molecule has 2 rings (SSSR count). The van der Waals surface area contributed by atoms with Crippen molar-refractivity contribution >= 4 is 13.8 Å². The van der Waals surface area contributed by atoms with Crippen LogP contribution in [0.15, 0.2) is 24.4 Å². The maximum absolute atomic E-state index is 11.6. The van der Waals surface area contributed by atoms with Gasteiger partial charge in [-0.15, -0.1) is 0 Å². The molecule has 0 aliphatic carbocycles. The van der Waals surface area contributed by atoms with Crippen molar-refractivity contribution in [2.24, 2.45) is 0 Å². The van der Waals surface area contributed by atoms with Gasteiger partial charge in [-0.2, -0.15) is 0 Å². The molecule has 0 spiro atoms. The van der Waals surface area contributed by atoms with E-state index in [0.717, 1.165) is 0 Å². The zero-order valence-electron chi connectivity index (χ0n) is 15.3. The van der Waals surface area contributed by atoms with Crippen LogP contribution in [0, 0.1) is 6.92 Å². The monoisotopic (exact) mass is 428 g/mol. The number of nitrogens with zero attached hydrogens (tertiary/aromatic N) is 1. The van der Waals surface area contributed by atoms with E-state index in [9.17, 15) is 29.8 Å². The molecule has 1 aromatic carbocycles. The van der Waals surface area contributed by atoms with Crippen LogP contribution in [0.5, 0.6) is 17.2 Å². The maximum Gasteiger partial charge on any atom is 0.469 e. The highest BCUT2D eigenvalue weighted by Crippen LogP contribution is 2.38. The van der Waals surface area contributed by atoms with E-state index in [2.05, 4.69) is 14.8 Å². The molecule has 0 saturated heterocycles. The predicted octanol–water partition coefficient (Wildman–Crippen LogP) is 0.902. The smallest absolute Gasteiger partial charge is 0.469 e. The number of benzene rings is 1. The third-order valence-corrected chi connectivity index (χ3v) is 4.59.